The minimum Gasteiger partial charge on any atom is -0.465 e. The molecular formula is C15H15BrN2O5. The SMILES string of the molecule is CCOC(=O)CN1C(=O)C(=O)N(CCc2ccc(Br)cc2)C1=O. The second-order valence-electron chi connectivity index (χ2n) is 4.81. The lowest BCUT2D eigenvalue weighted by Gasteiger charge is -2.14. The zero-order valence-electron chi connectivity index (χ0n) is 12.5. The molecule has 1 aromatic rings. The molecule has 7 nitrogen and oxygen atoms in total. The van der Waals surface area contributed by atoms with Crippen LogP contribution in [0.2, 0.25) is 0 Å². The Morgan fingerprint density at radius 2 is 1.70 bits per heavy atom. The van der Waals surface area contributed by atoms with E-state index >= 15 is 0 Å². The summed E-state index contributed by atoms with van der Waals surface area (Å²) in [6.07, 6.45) is 0.422. The van der Waals surface area contributed by atoms with E-state index < -0.39 is 30.4 Å². The van der Waals surface area contributed by atoms with Crippen molar-refractivity contribution in [3.05, 3.63) is 34.3 Å². The molecule has 0 bridgehead atoms. The van der Waals surface area contributed by atoms with E-state index in [1.54, 1.807) is 6.92 Å². The molecule has 1 aliphatic rings. The molecule has 2 rings (SSSR count). The van der Waals surface area contributed by atoms with Gasteiger partial charge in [0.05, 0.1) is 6.61 Å². The summed E-state index contributed by atoms with van der Waals surface area (Å²) in [6, 6.07) is 6.62. The van der Waals surface area contributed by atoms with Gasteiger partial charge >= 0.3 is 23.8 Å². The van der Waals surface area contributed by atoms with E-state index in [9.17, 15) is 19.2 Å². The highest BCUT2D eigenvalue weighted by Crippen LogP contribution is 2.15. The molecule has 23 heavy (non-hydrogen) atoms. The predicted octanol–water partition coefficient (Wildman–Crippen LogP) is 1.35. The number of ether oxygens (including phenoxy) is 1. The molecule has 1 aromatic carbocycles. The molecule has 0 unspecified atom stereocenters. The van der Waals surface area contributed by atoms with Gasteiger partial charge in [-0.15, -0.1) is 0 Å². The summed E-state index contributed by atoms with van der Waals surface area (Å²) in [6.45, 7) is 1.27. The fourth-order valence-corrected chi connectivity index (χ4v) is 2.38. The van der Waals surface area contributed by atoms with Crippen molar-refractivity contribution in [3.8, 4) is 0 Å². The number of carbonyl (C=O) groups is 4. The van der Waals surface area contributed by atoms with E-state index in [0.29, 0.717) is 11.3 Å². The van der Waals surface area contributed by atoms with Crippen LogP contribution in [0.3, 0.4) is 0 Å². The van der Waals surface area contributed by atoms with Crippen LogP contribution in [0.25, 0.3) is 0 Å². The van der Waals surface area contributed by atoms with Crippen LogP contribution in [-0.2, 0) is 25.5 Å². The molecule has 1 saturated heterocycles. The molecule has 0 aromatic heterocycles. The summed E-state index contributed by atoms with van der Waals surface area (Å²) in [5.41, 5.74) is 0.921. The number of urea groups is 1. The lowest BCUT2D eigenvalue weighted by atomic mass is 10.1. The lowest BCUT2D eigenvalue weighted by molar-refractivity contribution is -0.148. The Bertz CT molecular complexity index is 644. The van der Waals surface area contributed by atoms with Gasteiger partial charge in [0.1, 0.15) is 6.54 Å². The standard InChI is InChI=1S/C15H15BrN2O5/c1-2-23-12(19)9-18-14(21)13(20)17(15(18)22)8-7-10-3-5-11(16)6-4-10/h3-6H,2,7-9H2,1H3. The van der Waals surface area contributed by atoms with Crippen molar-refractivity contribution in [1.82, 2.24) is 9.80 Å². The summed E-state index contributed by atoms with van der Waals surface area (Å²) in [4.78, 5) is 48.7. The van der Waals surface area contributed by atoms with Crippen LogP contribution >= 0.6 is 15.9 Å². The number of hydrogen-bond acceptors (Lipinski definition) is 5. The van der Waals surface area contributed by atoms with Gasteiger partial charge in [0.15, 0.2) is 0 Å². The smallest absolute Gasteiger partial charge is 0.334 e. The minimum atomic E-state index is -1.00. The van der Waals surface area contributed by atoms with Gasteiger partial charge in [-0.05, 0) is 31.0 Å². The quantitative estimate of drug-likeness (QED) is 0.421. The van der Waals surface area contributed by atoms with Crippen LogP contribution in [0.1, 0.15) is 12.5 Å². The maximum atomic E-state index is 12.1. The maximum Gasteiger partial charge on any atom is 0.334 e. The normalized spacial score (nSPS) is 14.6. The fourth-order valence-electron chi connectivity index (χ4n) is 2.11. The first-order chi connectivity index (χ1) is 10.9. The van der Waals surface area contributed by atoms with Gasteiger partial charge in [-0.2, -0.15) is 0 Å². The van der Waals surface area contributed by atoms with Gasteiger partial charge < -0.3 is 4.74 Å². The number of imide groups is 2. The average molecular weight is 383 g/mol. The number of amides is 4. The lowest BCUT2D eigenvalue weighted by Crippen LogP contribution is -2.38. The first-order valence-electron chi connectivity index (χ1n) is 7.01. The topological polar surface area (TPSA) is 84.0 Å². The second kappa shape index (κ2) is 7.36. The van der Waals surface area contributed by atoms with Crippen molar-refractivity contribution in [2.24, 2.45) is 0 Å². The van der Waals surface area contributed by atoms with E-state index in [4.69, 9.17) is 4.74 Å². The largest absolute Gasteiger partial charge is 0.465 e. The van der Waals surface area contributed by atoms with Crippen molar-refractivity contribution < 1.29 is 23.9 Å². The van der Waals surface area contributed by atoms with Crippen LogP contribution in [0.5, 0.6) is 0 Å². The summed E-state index contributed by atoms with van der Waals surface area (Å²) in [5.74, 6) is -2.65. The van der Waals surface area contributed by atoms with Gasteiger partial charge in [-0.3, -0.25) is 19.3 Å². The molecule has 0 N–H and O–H groups in total. The number of esters is 1. The Labute approximate surface area is 141 Å². The van der Waals surface area contributed by atoms with Gasteiger partial charge in [0.25, 0.3) is 0 Å². The van der Waals surface area contributed by atoms with Gasteiger partial charge in [0, 0.05) is 11.0 Å². The van der Waals surface area contributed by atoms with E-state index in [1.807, 2.05) is 24.3 Å². The highest BCUT2D eigenvalue weighted by molar-refractivity contribution is 9.10. The molecule has 0 aliphatic carbocycles. The zero-order valence-corrected chi connectivity index (χ0v) is 14.0. The van der Waals surface area contributed by atoms with E-state index in [-0.39, 0.29) is 13.2 Å². The second-order valence-corrected chi connectivity index (χ2v) is 5.73. The van der Waals surface area contributed by atoms with Crippen LogP contribution in [0, 0.1) is 0 Å². The number of benzene rings is 1. The summed E-state index contributed by atoms with van der Waals surface area (Å²) in [7, 11) is 0. The van der Waals surface area contributed by atoms with Crippen molar-refractivity contribution in [2.75, 3.05) is 19.7 Å². The highest BCUT2D eigenvalue weighted by Gasteiger charge is 2.45. The molecule has 1 fully saturated rings. The molecule has 1 heterocycles. The van der Waals surface area contributed by atoms with Crippen LogP contribution in [0.15, 0.2) is 28.7 Å². The minimum absolute atomic E-state index is 0.0738. The number of halogens is 1. The fraction of sp³-hybridized carbons (Fsp3) is 0.333. The first kappa shape index (κ1) is 17.1. The van der Waals surface area contributed by atoms with E-state index in [2.05, 4.69) is 15.9 Å². The van der Waals surface area contributed by atoms with Crippen LogP contribution < -0.4 is 0 Å². The molecule has 0 atom stereocenters. The molecular weight excluding hydrogens is 368 g/mol. The molecule has 0 radical (unpaired) electrons. The third kappa shape index (κ3) is 3.95. The Morgan fingerprint density at radius 3 is 2.30 bits per heavy atom. The predicted molar refractivity (Wildman–Crippen MR) is 83.3 cm³/mol. The Kier molecular flexibility index (Phi) is 5.49. The molecule has 1 aliphatic heterocycles. The van der Waals surface area contributed by atoms with E-state index in [1.165, 1.54) is 0 Å². The summed E-state index contributed by atoms with van der Waals surface area (Å²) < 4.78 is 5.61. The number of hydrogen-bond donors (Lipinski definition) is 0. The van der Waals surface area contributed by atoms with Crippen LogP contribution in [0.4, 0.5) is 4.79 Å². The Balaban J connectivity index is 2.01. The van der Waals surface area contributed by atoms with Gasteiger partial charge in [-0.25, -0.2) is 9.69 Å². The van der Waals surface area contributed by atoms with Crippen molar-refractivity contribution >= 4 is 39.7 Å². The maximum absolute atomic E-state index is 12.1. The van der Waals surface area contributed by atoms with E-state index in [0.717, 1.165) is 14.9 Å². The summed E-state index contributed by atoms with van der Waals surface area (Å²) in [5, 5.41) is 0. The van der Waals surface area contributed by atoms with Gasteiger partial charge in [-0.1, -0.05) is 28.1 Å². The van der Waals surface area contributed by atoms with Gasteiger partial charge in [0.2, 0.25) is 0 Å². The number of rotatable bonds is 6. The third-order valence-electron chi connectivity index (χ3n) is 3.26. The number of carbonyl (C=O) groups excluding carboxylic acids is 4. The molecule has 4 amide bonds. The average Bonchev–Trinajstić information content (AvgIpc) is 2.71. The number of nitrogens with zero attached hydrogens (tertiary/aromatic N) is 2. The highest BCUT2D eigenvalue weighted by atomic mass is 79.9. The monoisotopic (exact) mass is 382 g/mol. The Hall–Kier alpha value is -2.22. The van der Waals surface area contributed by atoms with Crippen LogP contribution in [-0.4, -0.2) is 53.3 Å². The van der Waals surface area contributed by atoms with Crippen molar-refractivity contribution in [1.29, 1.82) is 0 Å². The Morgan fingerprint density at radius 1 is 1.09 bits per heavy atom. The third-order valence-corrected chi connectivity index (χ3v) is 3.79. The molecule has 0 spiro atoms. The van der Waals surface area contributed by atoms with Crippen molar-refractivity contribution in [3.63, 3.8) is 0 Å². The molecule has 8 heteroatoms. The first-order valence-corrected chi connectivity index (χ1v) is 7.80. The summed E-state index contributed by atoms with van der Waals surface area (Å²) >= 11 is 3.32. The zero-order chi connectivity index (χ0) is 17.0. The molecule has 0 saturated carbocycles. The molecule has 122 valence electrons. The van der Waals surface area contributed by atoms with Crippen molar-refractivity contribution in [2.45, 2.75) is 13.3 Å².